The van der Waals surface area contributed by atoms with Crippen LogP contribution in [0.15, 0.2) is 53.5 Å². The number of imidazole rings is 1. The molecular weight excluding hydrogens is 439 g/mol. The van der Waals surface area contributed by atoms with Crippen molar-refractivity contribution in [3.05, 3.63) is 70.7 Å². The molecule has 1 saturated heterocycles. The molecule has 33 heavy (non-hydrogen) atoms. The Hall–Kier alpha value is -3.72. The fourth-order valence-electron chi connectivity index (χ4n) is 4.72. The molecule has 166 valence electrons. The van der Waals surface area contributed by atoms with E-state index in [0.717, 1.165) is 29.6 Å². The van der Waals surface area contributed by atoms with Gasteiger partial charge in [0.05, 0.1) is 16.8 Å². The second-order valence-corrected chi connectivity index (χ2v) is 9.10. The topological polar surface area (TPSA) is 92.3 Å². The number of anilines is 1. The summed E-state index contributed by atoms with van der Waals surface area (Å²) in [5.74, 6) is 1.19. The molecule has 5 aromatic rings. The third kappa shape index (κ3) is 3.27. The molecule has 6 rings (SSSR count). The van der Waals surface area contributed by atoms with E-state index < -0.39 is 0 Å². The van der Waals surface area contributed by atoms with Gasteiger partial charge in [0.15, 0.2) is 0 Å². The first kappa shape index (κ1) is 19.9. The summed E-state index contributed by atoms with van der Waals surface area (Å²) in [4.78, 5) is 27.0. The van der Waals surface area contributed by atoms with Crippen LogP contribution in [0.4, 0.5) is 10.2 Å². The summed E-state index contributed by atoms with van der Waals surface area (Å²) in [7, 11) is 0. The Morgan fingerprint density at radius 3 is 2.85 bits per heavy atom. The van der Waals surface area contributed by atoms with Gasteiger partial charge in [-0.15, -0.1) is 0 Å². The normalized spacial score (nSPS) is 15.0. The van der Waals surface area contributed by atoms with Crippen molar-refractivity contribution in [2.24, 2.45) is 0 Å². The van der Waals surface area contributed by atoms with Gasteiger partial charge in [0.1, 0.15) is 28.7 Å². The maximum absolute atomic E-state index is 14.3. The number of H-pyrrole nitrogens is 1. The Kier molecular flexibility index (Phi) is 4.65. The lowest BCUT2D eigenvalue weighted by atomic mass is 9.95. The number of hydrogen-bond acceptors (Lipinski definition) is 5. The number of amides is 1. The minimum absolute atomic E-state index is 0.0805. The molecule has 0 saturated carbocycles. The van der Waals surface area contributed by atoms with Crippen molar-refractivity contribution < 1.29 is 9.18 Å². The minimum atomic E-state index is -0.309. The van der Waals surface area contributed by atoms with Crippen molar-refractivity contribution in [1.82, 2.24) is 24.3 Å². The smallest absolute Gasteiger partial charge is 0.254 e. The van der Waals surface area contributed by atoms with Crippen LogP contribution < -0.4 is 5.73 Å². The lowest BCUT2D eigenvalue weighted by Gasteiger charge is -2.31. The molecule has 0 bridgehead atoms. The van der Waals surface area contributed by atoms with Crippen molar-refractivity contribution >= 4 is 39.5 Å². The Balaban J connectivity index is 1.36. The van der Waals surface area contributed by atoms with Gasteiger partial charge in [-0.05, 0) is 36.4 Å². The molecule has 3 N–H and O–H groups in total. The van der Waals surface area contributed by atoms with Crippen LogP contribution in [-0.2, 0) is 0 Å². The van der Waals surface area contributed by atoms with Gasteiger partial charge in [0.25, 0.3) is 5.91 Å². The van der Waals surface area contributed by atoms with E-state index in [-0.39, 0.29) is 17.6 Å². The summed E-state index contributed by atoms with van der Waals surface area (Å²) in [6, 6.07) is 8.73. The van der Waals surface area contributed by atoms with E-state index in [1.807, 2.05) is 44.5 Å². The van der Waals surface area contributed by atoms with Crippen LogP contribution in [0, 0.1) is 5.82 Å². The summed E-state index contributed by atoms with van der Waals surface area (Å²) in [5, 5.41) is 4.59. The predicted molar refractivity (Wildman–Crippen MR) is 127 cm³/mol. The van der Waals surface area contributed by atoms with E-state index in [1.165, 1.54) is 17.4 Å². The summed E-state index contributed by atoms with van der Waals surface area (Å²) >= 11 is 1.53. The fourth-order valence-corrected chi connectivity index (χ4v) is 5.35. The van der Waals surface area contributed by atoms with E-state index in [9.17, 15) is 9.18 Å². The molecular formula is C24H21FN6OS. The molecule has 0 spiro atoms. The number of hydrogen-bond donors (Lipinski definition) is 2. The molecule has 0 aliphatic carbocycles. The van der Waals surface area contributed by atoms with Gasteiger partial charge in [0.2, 0.25) is 0 Å². The first-order valence-electron chi connectivity index (χ1n) is 10.8. The van der Waals surface area contributed by atoms with Gasteiger partial charge < -0.3 is 15.6 Å². The predicted octanol–water partition coefficient (Wildman–Crippen LogP) is 4.68. The van der Waals surface area contributed by atoms with Crippen LogP contribution >= 0.6 is 11.3 Å². The molecule has 1 aromatic carbocycles. The zero-order valence-corrected chi connectivity index (χ0v) is 18.5. The molecule has 0 unspecified atom stereocenters. The van der Waals surface area contributed by atoms with Crippen LogP contribution in [0.25, 0.3) is 27.8 Å². The average Bonchev–Trinajstić information content (AvgIpc) is 3.58. The Morgan fingerprint density at radius 2 is 2.09 bits per heavy atom. The van der Waals surface area contributed by atoms with Crippen LogP contribution in [0.5, 0.6) is 0 Å². The zero-order chi connectivity index (χ0) is 22.5. The van der Waals surface area contributed by atoms with Crippen LogP contribution in [0.2, 0.25) is 0 Å². The number of rotatable bonds is 3. The minimum Gasteiger partial charge on any atom is -0.382 e. The number of nitrogens with two attached hydrogens (primary N) is 1. The van der Waals surface area contributed by atoms with Crippen LogP contribution in [-0.4, -0.2) is 43.2 Å². The highest BCUT2D eigenvalue weighted by atomic mass is 32.1. The number of carbonyl (C=O) groups is 1. The summed E-state index contributed by atoms with van der Waals surface area (Å²) in [6.07, 6.45) is 5.14. The number of carbonyl (C=O) groups excluding carboxylic acids is 1. The van der Waals surface area contributed by atoms with Gasteiger partial charge in [-0.2, -0.15) is 11.3 Å². The molecule has 1 aliphatic rings. The monoisotopic (exact) mass is 460 g/mol. The highest BCUT2D eigenvalue weighted by Crippen LogP contribution is 2.35. The van der Waals surface area contributed by atoms with Crippen molar-refractivity contribution in [3.8, 4) is 11.4 Å². The van der Waals surface area contributed by atoms with Gasteiger partial charge in [-0.1, -0.05) is 12.1 Å². The van der Waals surface area contributed by atoms with Gasteiger partial charge in [0, 0.05) is 42.2 Å². The third-order valence-corrected chi connectivity index (χ3v) is 7.07. The molecule has 7 nitrogen and oxygen atoms in total. The fraction of sp³-hybridized carbons (Fsp3) is 0.208. The Morgan fingerprint density at radius 1 is 1.24 bits per heavy atom. The van der Waals surface area contributed by atoms with Crippen LogP contribution in [0.1, 0.15) is 34.9 Å². The molecule has 0 atom stereocenters. The lowest BCUT2D eigenvalue weighted by Crippen LogP contribution is -2.38. The number of para-hydroxylation sites is 1. The third-order valence-electron chi connectivity index (χ3n) is 6.39. The van der Waals surface area contributed by atoms with Gasteiger partial charge >= 0.3 is 0 Å². The van der Waals surface area contributed by atoms with E-state index in [4.69, 9.17) is 10.7 Å². The summed E-state index contributed by atoms with van der Waals surface area (Å²) < 4.78 is 16.3. The van der Waals surface area contributed by atoms with Gasteiger partial charge in [-0.25, -0.2) is 14.4 Å². The highest BCUT2D eigenvalue weighted by molar-refractivity contribution is 7.08. The van der Waals surface area contributed by atoms with Crippen LogP contribution in [0.3, 0.4) is 0 Å². The number of piperidine rings is 1. The number of aromatic amines is 1. The zero-order valence-electron chi connectivity index (χ0n) is 17.7. The number of halogens is 1. The van der Waals surface area contributed by atoms with Crippen molar-refractivity contribution in [2.45, 2.75) is 18.8 Å². The molecule has 4 aromatic heterocycles. The standard InChI is InChI=1S/C24H21FN6OS/c25-17-3-1-2-15-12-18(28-19(15)17)20-21-22(26)27-7-10-31(21)23(29-20)14-4-8-30(9-5-14)24(32)16-6-11-33-13-16/h1-3,6-7,10-14,28H,4-5,8-9H2,(H2,26,27). The molecule has 1 aliphatic heterocycles. The molecule has 5 heterocycles. The average molecular weight is 461 g/mol. The largest absolute Gasteiger partial charge is 0.382 e. The Bertz CT molecular complexity index is 1480. The van der Waals surface area contributed by atoms with E-state index >= 15 is 0 Å². The second kappa shape index (κ2) is 7.70. The maximum atomic E-state index is 14.3. The first-order valence-corrected chi connectivity index (χ1v) is 11.8. The number of fused-ring (bicyclic) bond motifs is 2. The number of nitrogen functional groups attached to an aromatic ring is 1. The van der Waals surface area contributed by atoms with Crippen molar-refractivity contribution in [2.75, 3.05) is 18.8 Å². The van der Waals surface area contributed by atoms with E-state index in [0.29, 0.717) is 41.3 Å². The number of nitrogens with one attached hydrogen (secondary N) is 1. The quantitative estimate of drug-likeness (QED) is 0.409. The molecule has 0 radical (unpaired) electrons. The number of aromatic nitrogens is 4. The van der Waals surface area contributed by atoms with Gasteiger partial charge in [-0.3, -0.25) is 9.20 Å². The summed E-state index contributed by atoms with van der Waals surface area (Å²) in [5.41, 5.74) is 9.51. The summed E-state index contributed by atoms with van der Waals surface area (Å²) in [6.45, 7) is 1.34. The number of likely N-dealkylation sites (tertiary alicyclic amines) is 1. The number of thiophene rings is 1. The number of benzene rings is 1. The Labute approximate surface area is 192 Å². The first-order chi connectivity index (χ1) is 16.1. The van der Waals surface area contributed by atoms with E-state index in [1.54, 1.807) is 12.3 Å². The highest BCUT2D eigenvalue weighted by Gasteiger charge is 2.29. The SMILES string of the molecule is Nc1nccn2c(C3CCN(C(=O)c4ccsc4)CC3)nc(-c3cc4cccc(F)c4[nH]3)c12. The maximum Gasteiger partial charge on any atom is 0.254 e. The van der Waals surface area contributed by atoms with E-state index in [2.05, 4.69) is 9.97 Å². The molecule has 1 fully saturated rings. The lowest BCUT2D eigenvalue weighted by molar-refractivity contribution is 0.0711. The van der Waals surface area contributed by atoms with Crippen molar-refractivity contribution in [3.63, 3.8) is 0 Å². The second-order valence-electron chi connectivity index (χ2n) is 8.32. The molecule has 1 amide bonds. The number of nitrogens with zero attached hydrogens (tertiary/aromatic N) is 4. The molecule has 9 heteroatoms. The van der Waals surface area contributed by atoms with Crippen molar-refractivity contribution in [1.29, 1.82) is 0 Å².